The van der Waals surface area contributed by atoms with Gasteiger partial charge in [-0.05, 0) is 55.4 Å². The minimum Gasteiger partial charge on any atom is -0.361 e. The van der Waals surface area contributed by atoms with Gasteiger partial charge in [-0.2, -0.15) is 17.4 Å². The number of hydrogen-bond donors (Lipinski definition) is 2. The van der Waals surface area contributed by atoms with E-state index in [1.54, 1.807) is 10.4 Å². The number of piperidine rings is 1. The third-order valence-corrected chi connectivity index (χ3v) is 6.48. The van der Waals surface area contributed by atoms with Gasteiger partial charge in [0.2, 0.25) is 0 Å². The maximum absolute atomic E-state index is 13.3. The molecule has 1 aromatic carbocycles. The molecule has 4 rings (SSSR count). The van der Waals surface area contributed by atoms with Crippen LogP contribution in [-0.4, -0.2) is 36.8 Å². The van der Waals surface area contributed by atoms with E-state index >= 15 is 0 Å². The molecule has 1 saturated heterocycles. The van der Waals surface area contributed by atoms with Gasteiger partial charge >= 0.3 is 0 Å². The number of fused-ring (bicyclic) bond motifs is 1. The first-order valence-electron chi connectivity index (χ1n) is 8.07. The summed E-state index contributed by atoms with van der Waals surface area (Å²) in [4.78, 5) is 3.12. The Kier molecular flexibility index (Phi) is 3.66. The molecular formula is C16H20FN3O2S. The van der Waals surface area contributed by atoms with Crippen molar-refractivity contribution in [1.29, 1.82) is 0 Å². The molecule has 0 spiro atoms. The monoisotopic (exact) mass is 337 g/mol. The van der Waals surface area contributed by atoms with Crippen molar-refractivity contribution in [3.63, 3.8) is 0 Å². The maximum atomic E-state index is 13.3. The predicted octanol–water partition coefficient (Wildman–Crippen LogP) is 2.48. The molecule has 1 aliphatic carbocycles. The fourth-order valence-electron chi connectivity index (χ4n) is 3.35. The van der Waals surface area contributed by atoms with Crippen LogP contribution in [0.1, 0.15) is 37.2 Å². The zero-order valence-corrected chi connectivity index (χ0v) is 13.6. The van der Waals surface area contributed by atoms with E-state index in [1.165, 1.54) is 12.1 Å². The number of nitrogens with zero attached hydrogens (tertiary/aromatic N) is 1. The number of nitrogens with one attached hydrogen (secondary N) is 2. The SMILES string of the molecule is O=S(=O)(NC1CC1)N1CCC(c2c[nH]c3cc(F)ccc23)CC1. The number of aromatic nitrogens is 1. The topological polar surface area (TPSA) is 65.2 Å². The van der Waals surface area contributed by atoms with E-state index in [1.807, 2.05) is 6.20 Å². The zero-order chi connectivity index (χ0) is 16.0. The van der Waals surface area contributed by atoms with Crippen LogP contribution >= 0.6 is 0 Å². The van der Waals surface area contributed by atoms with Crippen LogP contribution in [0.4, 0.5) is 4.39 Å². The van der Waals surface area contributed by atoms with Crippen molar-refractivity contribution in [2.75, 3.05) is 13.1 Å². The molecule has 23 heavy (non-hydrogen) atoms. The Morgan fingerprint density at radius 2 is 1.91 bits per heavy atom. The molecule has 0 radical (unpaired) electrons. The second kappa shape index (κ2) is 5.58. The highest BCUT2D eigenvalue weighted by atomic mass is 32.2. The highest BCUT2D eigenvalue weighted by Gasteiger charge is 2.33. The van der Waals surface area contributed by atoms with Crippen LogP contribution < -0.4 is 4.72 Å². The Morgan fingerprint density at radius 1 is 1.17 bits per heavy atom. The fourth-order valence-corrected chi connectivity index (χ4v) is 4.85. The minimum atomic E-state index is -3.33. The lowest BCUT2D eigenvalue weighted by molar-refractivity contribution is 0.316. The first-order chi connectivity index (χ1) is 11.0. The molecule has 5 nitrogen and oxygen atoms in total. The Labute approximate surface area is 135 Å². The van der Waals surface area contributed by atoms with Gasteiger partial charge in [-0.1, -0.05) is 0 Å². The van der Waals surface area contributed by atoms with Crippen LogP contribution in [0.3, 0.4) is 0 Å². The van der Waals surface area contributed by atoms with Crippen molar-refractivity contribution in [3.05, 3.63) is 35.8 Å². The Morgan fingerprint density at radius 3 is 2.61 bits per heavy atom. The summed E-state index contributed by atoms with van der Waals surface area (Å²) in [7, 11) is -3.33. The lowest BCUT2D eigenvalue weighted by atomic mass is 9.90. The molecule has 2 N–H and O–H groups in total. The molecule has 124 valence electrons. The molecule has 7 heteroatoms. The van der Waals surface area contributed by atoms with Crippen molar-refractivity contribution < 1.29 is 12.8 Å². The van der Waals surface area contributed by atoms with Crippen LogP contribution in [0.15, 0.2) is 24.4 Å². The largest absolute Gasteiger partial charge is 0.361 e. The summed E-state index contributed by atoms with van der Waals surface area (Å²) >= 11 is 0. The summed E-state index contributed by atoms with van der Waals surface area (Å²) in [6.07, 6.45) is 5.40. The standard InChI is InChI=1S/C16H20FN3O2S/c17-12-1-4-14-15(10-18-16(14)9-12)11-5-7-20(8-6-11)23(21,22)19-13-2-3-13/h1,4,9-11,13,18-19H,2-3,5-8H2. The van der Waals surface area contributed by atoms with Gasteiger partial charge in [0.1, 0.15) is 5.82 Å². The summed E-state index contributed by atoms with van der Waals surface area (Å²) in [6.45, 7) is 1.06. The average Bonchev–Trinajstić information content (AvgIpc) is 3.23. The number of hydrogen-bond acceptors (Lipinski definition) is 2. The quantitative estimate of drug-likeness (QED) is 0.900. The summed E-state index contributed by atoms with van der Waals surface area (Å²) in [6, 6.07) is 4.91. The van der Waals surface area contributed by atoms with Gasteiger partial charge in [-0.25, -0.2) is 4.39 Å². The second-order valence-electron chi connectivity index (χ2n) is 6.50. The molecule has 2 heterocycles. The van der Waals surface area contributed by atoms with Crippen molar-refractivity contribution in [1.82, 2.24) is 14.0 Å². The summed E-state index contributed by atoms with van der Waals surface area (Å²) in [5.41, 5.74) is 1.96. The predicted molar refractivity (Wildman–Crippen MR) is 86.9 cm³/mol. The van der Waals surface area contributed by atoms with E-state index in [4.69, 9.17) is 0 Å². The molecule has 0 unspecified atom stereocenters. The zero-order valence-electron chi connectivity index (χ0n) is 12.8. The van der Waals surface area contributed by atoms with Crippen LogP contribution in [0, 0.1) is 5.82 Å². The molecule has 0 atom stereocenters. The van der Waals surface area contributed by atoms with Gasteiger partial charge in [0.25, 0.3) is 10.2 Å². The molecule has 2 aliphatic rings. The average molecular weight is 337 g/mol. The lowest BCUT2D eigenvalue weighted by Crippen LogP contribution is -2.45. The lowest BCUT2D eigenvalue weighted by Gasteiger charge is -2.31. The van der Waals surface area contributed by atoms with E-state index < -0.39 is 10.2 Å². The van der Waals surface area contributed by atoms with Crippen LogP contribution in [0.5, 0.6) is 0 Å². The molecule has 1 aliphatic heterocycles. The van der Waals surface area contributed by atoms with Gasteiger partial charge in [-0.3, -0.25) is 0 Å². The number of rotatable bonds is 4. The fraction of sp³-hybridized carbons (Fsp3) is 0.500. The van der Waals surface area contributed by atoms with Crippen molar-refractivity contribution >= 4 is 21.1 Å². The summed E-state index contributed by atoms with van der Waals surface area (Å²) < 4.78 is 42.1. The number of benzene rings is 1. The Balaban J connectivity index is 1.48. The maximum Gasteiger partial charge on any atom is 0.279 e. The van der Waals surface area contributed by atoms with Crippen LogP contribution in [0.2, 0.25) is 0 Å². The normalized spacial score (nSPS) is 21.1. The van der Waals surface area contributed by atoms with Crippen molar-refractivity contribution in [2.24, 2.45) is 0 Å². The first kappa shape index (κ1) is 15.1. The second-order valence-corrected chi connectivity index (χ2v) is 8.21. The number of H-pyrrole nitrogens is 1. The van der Waals surface area contributed by atoms with Crippen LogP contribution in [-0.2, 0) is 10.2 Å². The van der Waals surface area contributed by atoms with Gasteiger partial charge in [-0.15, -0.1) is 0 Å². The van der Waals surface area contributed by atoms with Gasteiger partial charge < -0.3 is 4.98 Å². The first-order valence-corrected chi connectivity index (χ1v) is 9.51. The summed E-state index contributed by atoms with van der Waals surface area (Å²) in [5.74, 6) is 0.0551. The third-order valence-electron chi connectivity index (χ3n) is 4.80. The molecule has 2 fully saturated rings. The van der Waals surface area contributed by atoms with E-state index in [2.05, 4.69) is 9.71 Å². The molecule has 1 saturated carbocycles. The minimum absolute atomic E-state index is 0.140. The molecular weight excluding hydrogens is 317 g/mol. The van der Waals surface area contributed by atoms with Crippen molar-refractivity contribution in [2.45, 2.75) is 37.6 Å². The van der Waals surface area contributed by atoms with E-state index in [0.29, 0.717) is 19.0 Å². The summed E-state index contributed by atoms with van der Waals surface area (Å²) in [5, 5.41) is 1.03. The molecule has 1 aromatic heterocycles. The van der Waals surface area contributed by atoms with Crippen molar-refractivity contribution in [3.8, 4) is 0 Å². The van der Waals surface area contributed by atoms with E-state index in [9.17, 15) is 12.8 Å². The highest BCUT2D eigenvalue weighted by molar-refractivity contribution is 7.87. The van der Waals surface area contributed by atoms with Gasteiger partial charge in [0, 0.05) is 36.2 Å². The van der Waals surface area contributed by atoms with Gasteiger partial charge in [0.05, 0.1) is 0 Å². The van der Waals surface area contributed by atoms with E-state index in [0.717, 1.165) is 42.1 Å². The Hall–Kier alpha value is -1.44. The molecule has 0 bridgehead atoms. The smallest absolute Gasteiger partial charge is 0.279 e. The van der Waals surface area contributed by atoms with Crippen LogP contribution in [0.25, 0.3) is 10.9 Å². The van der Waals surface area contributed by atoms with E-state index in [-0.39, 0.29) is 11.9 Å². The molecule has 0 amide bonds. The van der Waals surface area contributed by atoms with Gasteiger partial charge in [0.15, 0.2) is 0 Å². The third kappa shape index (κ3) is 3.00. The highest BCUT2D eigenvalue weighted by Crippen LogP contribution is 2.34. The number of aromatic amines is 1. The molecule has 2 aromatic rings. The number of halogens is 1. The Bertz CT molecular complexity index is 821.